The van der Waals surface area contributed by atoms with E-state index in [1.165, 1.54) is 0 Å². The molecule has 126 valence electrons. The number of hydrogen-bond acceptors (Lipinski definition) is 4. The summed E-state index contributed by atoms with van der Waals surface area (Å²) in [4.78, 5) is 25.9. The third kappa shape index (κ3) is 4.35. The number of amides is 2. The summed E-state index contributed by atoms with van der Waals surface area (Å²) < 4.78 is 0. The van der Waals surface area contributed by atoms with Crippen LogP contribution in [0.1, 0.15) is 31.8 Å². The van der Waals surface area contributed by atoms with Gasteiger partial charge in [-0.1, -0.05) is 24.3 Å². The Morgan fingerprint density at radius 2 is 1.08 bits per heavy atom. The van der Waals surface area contributed by atoms with Gasteiger partial charge in [0.15, 0.2) is 11.7 Å². The Labute approximate surface area is 143 Å². The van der Waals surface area contributed by atoms with Crippen molar-refractivity contribution < 1.29 is 9.59 Å². The number of primary amides is 2. The van der Waals surface area contributed by atoms with Gasteiger partial charge in [0.2, 0.25) is 11.8 Å². The summed E-state index contributed by atoms with van der Waals surface area (Å²) in [6.45, 7) is 3.44. The predicted molar refractivity (Wildman–Crippen MR) is 96.7 cm³/mol. The van der Waals surface area contributed by atoms with Crippen molar-refractivity contribution in [3.05, 3.63) is 70.8 Å². The summed E-state index contributed by atoms with van der Waals surface area (Å²) in [5, 5.41) is 7.88. The minimum absolute atomic E-state index is 0.130. The number of rotatable bonds is 5. The van der Waals surface area contributed by atoms with Crippen LogP contribution in [-0.2, 0) is 0 Å². The van der Waals surface area contributed by atoms with Crippen LogP contribution in [0.25, 0.3) is 0 Å². The van der Waals surface area contributed by atoms with Crippen LogP contribution in [-0.4, -0.2) is 30.2 Å². The standard InChI is InChI=1S/C17H16N6O2/c1-21-17(13-8-6-12(7-9-13)16(20)25)23-22-14(18)10-2-4-11(5-3-10)15(19)24/h2-9H,1H2,(H2,18,22)(H2,19,24)(H2,20,25)/b23-17-. The third-order valence-electron chi connectivity index (χ3n) is 3.30. The molecule has 0 aliphatic rings. The van der Waals surface area contributed by atoms with Gasteiger partial charge in [0, 0.05) is 22.3 Å². The largest absolute Gasteiger partial charge is 0.382 e. The fourth-order valence-corrected chi connectivity index (χ4v) is 1.93. The second-order valence-corrected chi connectivity index (χ2v) is 4.95. The first-order valence-electron chi connectivity index (χ1n) is 7.10. The van der Waals surface area contributed by atoms with Gasteiger partial charge in [-0.25, -0.2) is 4.99 Å². The van der Waals surface area contributed by atoms with Gasteiger partial charge in [0.1, 0.15) is 0 Å². The molecule has 0 unspecified atom stereocenters. The lowest BCUT2D eigenvalue weighted by Gasteiger charge is -2.02. The van der Waals surface area contributed by atoms with E-state index in [-0.39, 0.29) is 11.7 Å². The molecule has 0 saturated carbocycles. The van der Waals surface area contributed by atoms with Crippen molar-refractivity contribution in [2.24, 2.45) is 32.4 Å². The molecule has 2 rings (SSSR count). The number of nitrogens with zero attached hydrogens (tertiary/aromatic N) is 3. The molecule has 0 spiro atoms. The molecular formula is C17H16N6O2. The van der Waals surface area contributed by atoms with Gasteiger partial charge >= 0.3 is 0 Å². The lowest BCUT2D eigenvalue weighted by molar-refractivity contribution is 0.0992. The van der Waals surface area contributed by atoms with E-state index in [0.29, 0.717) is 22.3 Å². The highest BCUT2D eigenvalue weighted by molar-refractivity contribution is 6.04. The maximum Gasteiger partial charge on any atom is 0.248 e. The molecule has 25 heavy (non-hydrogen) atoms. The fraction of sp³-hybridized carbons (Fsp3) is 0. The van der Waals surface area contributed by atoms with E-state index in [4.69, 9.17) is 17.2 Å². The topological polar surface area (TPSA) is 149 Å². The summed E-state index contributed by atoms with van der Waals surface area (Å²) >= 11 is 0. The minimum atomic E-state index is -0.530. The minimum Gasteiger partial charge on any atom is -0.382 e. The van der Waals surface area contributed by atoms with Crippen LogP contribution >= 0.6 is 0 Å². The van der Waals surface area contributed by atoms with Gasteiger partial charge in [-0.3, -0.25) is 9.59 Å². The van der Waals surface area contributed by atoms with Gasteiger partial charge in [-0.2, -0.15) is 0 Å². The van der Waals surface area contributed by atoms with Crippen molar-refractivity contribution >= 4 is 30.2 Å². The number of nitrogens with two attached hydrogens (primary N) is 3. The molecule has 0 aliphatic heterocycles. The normalized spacial score (nSPS) is 11.8. The van der Waals surface area contributed by atoms with Crippen molar-refractivity contribution in [3.8, 4) is 0 Å². The van der Waals surface area contributed by atoms with E-state index in [9.17, 15) is 9.59 Å². The monoisotopic (exact) mass is 336 g/mol. The fourth-order valence-electron chi connectivity index (χ4n) is 1.93. The van der Waals surface area contributed by atoms with Crippen LogP contribution in [0.2, 0.25) is 0 Å². The Bertz CT molecular complexity index is 867. The first-order valence-corrected chi connectivity index (χ1v) is 7.10. The molecule has 0 fully saturated rings. The number of benzene rings is 2. The molecular weight excluding hydrogens is 320 g/mol. The Balaban J connectivity index is 2.26. The van der Waals surface area contributed by atoms with Crippen molar-refractivity contribution in [1.29, 1.82) is 0 Å². The highest BCUT2D eigenvalue weighted by atomic mass is 16.1. The van der Waals surface area contributed by atoms with Gasteiger partial charge in [-0.15, -0.1) is 10.2 Å². The molecule has 0 aromatic heterocycles. The predicted octanol–water partition coefficient (Wildman–Crippen LogP) is 0.652. The second kappa shape index (κ2) is 7.64. The van der Waals surface area contributed by atoms with Gasteiger partial charge in [-0.05, 0) is 31.0 Å². The first-order chi connectivity index (χ1) is 11.9. The van der Waals surface area contributed by atoms with E-state index < -0.39 is 11.8 Å². The number of carbonyl (C=O) groups is 2. The van der Waals surface area contributed by atoms with Gasteiger partial charge in [0.25, 0.3) is 0 Å². The first kappa shape index (κ1) is 17.5. The zero-order valence-electron chi connectivity index (χ0n) is 13.2. The number of carbonyl (C=O) groups excluding carboxylic acids is 2. The average Bonchev–Trinajstić information content (AvgIpc) is 2.62. The Morgan fingerprint density at radius 3 is 1.48 bits per heavy atom. The smallest absolute Gasteiger partial charge is 0.248 e. The lowest BCUT2D eigenvalue weighted by Crippen LogP contribution is -2.15. The molecule has 8 heteroatoms. The van der Waals surface area contributed by atoms with Gasteiger partial charge in [0.05, 0.1) is 0 Å². The van der Waals surface area contributed by atoms with Crippen LogP contribution in [0.5, 0.6) is 0 Å². The van der Waals surface area contributed by atoms with E-state index in [1.54, 1.807) is 48.5 Å². The highest BCUT2D eigenvalue weighted by Crippen LogP contribution is 2.08. The van der Waals surface area contributed by atoms with Crippen LogP contribution in [0.4, 0.5) is 0 Å². The average molecular weight is 336 g/mol. The highest BCUT2D eigenvalue weighted by Gasteiger charge is 2.05. The quantitative estimate of drug-likeness (QED) is 0.418. The van der Waals surface area contributed by atoms with Crippen molar-refractivity contribution in [2.45, 2.75) is 0 Å². The van der Waals surface area contributed by atoms with Crippen LogP contribution in [0.15, 0.2) is 63.7 Å². The molecule has 0 radical (unpaired) electrons. The molecule has 0 heterocycles. The molecule has 2 aromatic rings. The third-order valence-corrected chi connectivity index (χ3v) is 3.30. The zero-order chi connectivity index (χ0) is 18.4. The van der Waals surface area contributed by atoms with Crippen molar-refractivity contribution in [1.82, 2.24) is 0 Å². The molecule has 8 nitrogen and oxygen atoms in total. The molecule has 0 atom stereocenters. The molecule has 6 N–H and O–H groups in total. The maximum atomic E-state index is 11.1. The molecule has 0 bridgehead atoms. The van der Waals surface area contributed by atoms with E-state index in [2.05, 4.69) is 21.9 Å². The SMILES string of the molecule is C=N/C(=N\N=C(/N)c1ccc(C(N)=O)cc1)c1ccc(C(N)=O)cc1. The molecule has 2 amide bonds. The summed E-state index contributed by atoms with van der Waals surface area (Å²) in [6.07, 6.45) is 0. The lowest BCUT2D eigenvalue weighted by atomic mass is 10.1. The Morgan fingerprint density at radius 1 is 0.680 bits per heavy atom. The number of hydrogen-bond donors (Lipinski definition) is 3. The summed E-state index contributed by atoms with van der Waals surface area (Å²) in [5.74, 6) is -0.699. The van der Waals surface area contributed by atoms with Gasteiger partial charge < -0.3 is 17.2 Å². The maximum absolute atomic E-state index is 11.1. The zero-order valence-corrected chi connectivity index (χ0v) is 13.2. The number of amidine groups is 2. The molecule has 2 aromatic carbocycles. The number of aliphatic imine (C=N–C) groups is 1. The molecule has 0 aliphatic carbocycles. The van der Waals surface area contributed by atoms with Crippen molar-refractivity contribution in [3.63, 3.8) is 0 Å². The summed E-state index contributed by atoms with van der Waals surface area (Å²) in [7, 11) is 0. The second-order valence-electron chi connectivity index (χ2n) is 4.95. The van der Waals surface area contributed by atoms with Crippen LogP contribution in [0.3, 0.4) is 0 Å². The summed E-state index contributed by atoms with van der Waals surface area (Å²) in [5.41, 5.74) is 18.1. The Hall–Kier alpha value is -3.81. The Kier molecular flexibility index (Phi) is 5.36. The van der Waals surface area contributed by atoms with Crippen molar-refractivity contribution in [2.75, 3.05) is 0 Å². The summed E-state index contributed by atoms with van der Waals surface area (Å²) in [6, 6.07) is 12.6. The van der Waals surface area contributed by atoms with Crippen LogP contribution < -0.4 is 17.2 Å². The van der Waals surface area contributed by atoms with Crippen LogP contribution in [0, 0.1) is 0 Å². The van der Waals surface area contributed by atoms with E-state index in [0.717, 1.165) is 0 Å². The van der Waals surface area contributed by atoms with E-state index >= 15 is 0 Å². The van der Waals surface area contributed by atoms with E-state index in [1.807, 2.05) is 0 Å². The molecule has 0 saturated heterocycles.